The van der Waals surface area contributed by atoms with E-state index in [0.717, 1.165) is 33.4 Å². The maximum atomic E-state index is 12.0. The van der Waals surface area contributed by atoms with Crippen LogP contribution >= 0.6 is 11.8 Å². The third kappa shape index (κ3) is 4.65. The zero-order chi connectivity index (χ0) is 22.8. The van der Waals surface area contributed by atoms with Gasteiger partial charge < -0.3 is 15.0 Å². The molecule has 0 aliphatic carbocycles. The number of hydrogen-bond acceptors (Lipinski definition) is 7. The molecule has 166 valence electrons. The van der Waals surface area contributed by atoms with Crippen molar-refractivity contribution in [3.05, 3.63) is 81.0 Å². The van der Waals surface area contributed by atoms with Crippen LogP contribution in [-0.2, 0) is 12.4 Å². The van der Waals surface area contributed by atoms with Crippen molar-refractivity contribution in [2.24, 2.45) is 0 Å². The summed E-state index contributed by atoms with van der Waals surface area (Å²) >= 11 is 1.41. The fraction of sp³-hybridized carbons (Fsp3) is 0.292. The van der Waals surface area contributed by atoms with Crippen LogP contribution in [-0.4, -0.2) is 14.9 Å². The maximum Gasteiger partial charge on any atom is 0.336 e. The second-order valence-corrected chi connectivity index (χ2v) is 9.07. The van der Waals surface area contributed by atoms with Crippen molar-refractivity contribution in [1.29, 1.82) is 0 Å². The Bertz CT molecular complexity index is 1330. The van der Waals surface area contributed by atoms with E-state index in [2.05, 4.69) is 36.2 Å². The van der Waals surface area contributed by atoms with Crippen molar-refractivity contribution in [3.63, 3.8) is 0 Å². The Morgan fingerprint density at radius 2 is 1.84 bits per heavy atom. The highest BCUT2D eigenvalue weighted by Gasteiger charge is 2.15. The van der Waals surface area contributed by atoms with Crippen LogP contribution in [0.1, 0.15) is 47.8 Å². The van der Waals surface area contributed by atoms with Crippen LogP contribution in [0, 0.1) is 13.8 Å². The van der Waals surface area contributed by atoms with Crippen LogP contribution in [0.5, 0.6) is 5.75 Å². The highest BCUT2D eigenvalue weighted by molar-refractivity contribution is 7.98. The minimum absolute atomic E-state index is 0.213. The molecule has 0 atom stereocenters. The second kappa shape index (κ2) is 9.08. The first kappa shape index (κ1) is 22.0. The van der Waals surface area contributed by atoms with Crippen molar-refractivity contribution >= 4 is 22.7 Å². The van der Waals surface area contributed by atoms with Crippen molar-refractivity contribution in [2.75, 3.05) is 5.84 Å². The second-order valence-electron chi connectivity index (χ2n) is 8.13. The summed E-state index contributed by atoms with van der Waals surface area (Å²) in [4.78, 5) is 12.0. The molecule has 0 spiro atoms. The predicted molar refractivity (Wildman–Crippen MR) is 127 cm³/mol. The van der Waals surface area contributed by atoms with Crippen molar-refractivity contribution in [3.8, 4) is 5.75 Å². The molecule has 0 amide bonds. The van der Waals surface area contributed by atoms with Crippen LogP contribution in [0.2, 0.25) is 0 Å². The van der Waals surface area contributed by atoms with Gasteiger partial charge >= 0.3 is 5.63 Å². The van der Waals surface area contributed by atoms with E-state index in [4.69, 9.17) is 15.0 Å². The quantitative estimate of drug-likeness (QED) is 0.247. The van der Waals surface area contributed by atoms with Crippen LogP contribution in [0.3, 0.4) is 0 Å². The number of rotatable bonds is 7. The lowest BCUT2D eigenvalue weighted by Gasteiger charge is -2.14. The van der Waals surface area contributed by atoms with Gasteiger partial charge in [-0.3, -0.25) is 0 Å². The molecule has 2 aromatic heterocycles. The molecule has 0 radical (unpaired) electrons. The summed E-state index contributed by atoms with van der Waals surface area (Å²) in [6.07, 6.45) is 0. The Morgan fingerprint density at radius 1 is 1.09 bits per heavy atom. The van der Waals surface area contributed by atoms with Gasteiger partial charge in [0.25, 0.3) is 0 Å². The molecule has 2 N–H and O–H groups in total. The van der Waals surface area contributed by atoms with Gasteiger partial charge in [-0.2, -0.15) is 0 Å². The molecular formula is C24H26N4O3S. The van der Waals surface area contributed by atoms with E-state index in [-0.39, 0.29) is 12.2 Å². The zero-order valence-corrected chi connectivity index (χ0v) is 19.4. The number of thioether (sulfide) groups is 1. The number of aromatic nitrogens is 3. The summed E-state index contributed by atoms with van der Waals surface area (Å²) < 4.78 is 12.8. The molecule has 2 aromatic carbocycles. The number of benzene rings is 2. The van der Waals surface area contributed by atoms with Crippen molar-refractivity contribution in [1.82, 2.24) is 14.9 Å². The fourth-order valence-corrected chi connectivity index (χ4v) is 4.36. The van der Waals surface area contributed by atoms with Gasteiger partial charge in [0.05, 0.1) is 0 Å². The lowest BCUT2D eigenvalue weighted by atomic mass is 10.0. The van der Waals surface area contributed by atoms with Crippen LogP contribution in [0.15, 0.2) is 56.8 Å². The number of nitrogen functional groups attached to an aromatic ring is 1. The fourth-order valence-electron chi connectivity index (χ4n) is 3.49. The molecule has 0 saturated carbocycles. The minimum atomic E-state index is -0.374. The molecule has 0 aliphatic rings. The number of hydrogen-bond donors (Lipinski definition) is 1. The Hall–Kier alpha value is -3.26. The van der Waals surface area contributed by atoms with Gasteiger partial charge in [-0.15, -0.1) is 10.2 Å². The minimum Gasteiger partial charge on any atom is -0.485 e. The van der Waals surface area contributed by atoms with E-state index in [0.29, 0.717) is 28.2 Å². The van der Waals surface area contributed by atoms with Crippen molar-refractivity contribution in [2.45, 2.75) is 51.1 Å². The number of aryl methyl sites for hydroxylation is 2. The van der Waals surface area contributed by atoms with Gasteiger partial charge in [-0.25, -0.2) is 9.47 Å². The van der Waals surface area contributed by atoms with E-state index in [1.54, 1.807) is 0 Å². The topological polar surface area (TPSA) is 96.2 Å². The summed E-state index contributed by atoms with van der Waals surface area (Å²) in [5.41, 5.74) is 4.37. The smallest absolute Gasteiger partial charge is 0.336 e. The van der Waals surface area contributed by atoms with E-state index in [1.165, 1.54) is 22.5 Å². The first-order valence-corrected chi connectivity index (χ1v) is 11.4. The Morgan fingerprint density at radius 3 is 2.62 bits per heavy atom. The van der Waals surface area contributed by atoms with E-state index < -0.39 is 0 Å². The Labute approximate surface area is 190 Å². The molecule has 0 aliphatic heterocycles. The van der Waals surface area contributed by atoms with E-state index >= 15 is 0 Å². The summed E-state index contributed by atoms with van der Waals surface area (Å²) in [6, 6.07) is 13.5. The summed E-state index contributed by atoms with van der Waals surface area (Å²) in [5.74, 6) is 8.44. The summed E-state index contributed by atoms with van der Waals surface area (Å²) in [5, 5.41) is 9.84. The molecular weight excluding hydrogens is 424 g/mol. The predicted octanol–water partition coefficient (Wildman–Crippen LogP) is 4.71. The molecule has 0 saturated heterocycles. The largest absolute Gasteiger partial charge is 0.485 e. The Balaban J connectivity index is 1.50. The van der Waals surface area contributed by atoms with E-state index in [9.17, 15) is 4.79 Å². The molecule has 8 heteroatoms. The summed E-state index contributed by atoms with van der Waals surface area (Å²) in [6.45, 7) is 8.47. The average Bonchev–Trinajstić information content (AvgIpc) is 3.09. The number of ether oxygens (including phenoxy) is 1. The lowest BCUT2D eigenvalue weighted by Crippen LogP contribution is -2.16. The number of nitrogens with two attached hydrogens (primary N) is 1. The standard InChI is InChI=1S/C24H26N4O3S/c1-14(2)18-7-5-15(3)9-20(18)30-12-22-26-27-24(28(22)25)32-13-17-11-23(29)31-21-10-16(4)6-8-19(17)21/h5-11,14H,12-13,25H2,1-4H3. The zero-order valence-electron chi connectivity index (χ0n) is 18.6. The molecule has 4 rings (SSSR count). The first-order valence-electron chi connectivity index (χ1n) is 10.4. The summed E-state index contributed by atoms with van der Waals surface area (Å²) in [7, 11) is 0. The molecule has 4 aromatic rings. The molecule has 7 nitrogen and oxygen atoms in total. The third-order valence-corrected chi connectivity index (χ3v) is 6.22. The van der Waals surface area contributed by atoms with Crippen LogP contribution in [0.4, 0.5) is 0 Å². The monoisotopic (exact) mass is 450 g/mol. The van der Waals surface area contributed by atoms with Gasteiger partial charge in [0.15, 0.2) is 5.82 Å². The van der Waals surface area contributed by atoms with Gasteiger partial charge in [0.1, 0.15) is 17.9 Å². The highest BCUT2D eigenvalue weighted by atomic mass is 32.2. The van der Waals surface area contributed by atoms with Gasteiger partial charge in [-0.05, 0) is 54.2 Å². The van der Waals surface area contributed by atoms with Crippen LogP contribution in [0.25, 0.3) is 11.0 Å². The number of nitrogens with zero attached hydrogens (tertiary/aromatic N) is 3. The molecule has 2 heterocycles. The average molecular weight is 451 g/mol. The molecule has 32 heavy (non-hydrogen) atoms. The van der Waals surface area contributed by atoms with Crippen LogP contribution < -0.4 is 16.2 Å². The van der Waals surface area contributed by atoms with Gasteiger partial charge in [0.2, 0.25) is 5.16 Å². The normalized spacial score (nSPS) is 11.4. The molecule has 0 fully saturated rings. The SMILES string of the molecule is Cc1ccc(C(C)C)c(OCc2nnc(SCc3cc(=O)oc4cc(C)ccc34)n2N)c1. The number of fused-ring (bicyclic) bond motifs is 1. The van der Waals surface area contributed by atoms with Gasteiger partial charge in [0, 0.05) is 17.2 Å². The molecule has 0 unspecified atom stereocenters. The van der Waals surface area contributed by atoms with Crippen molar-refractivity contribution < 1.29 is 9.15 Å². The maximum absolute atomic E-state index is 12.0. The van der Waals surface area contributed by atoms with Gasteiger partial charge in [-0.1, -0.05) is 49.9 Å². The molecule has 0 bridgehead atoms. The van der Waals surface area contributed by atoms with E-state index in [1.807, 2.05) is 38.1 Å². The first-order chi connectivity index (χ1) is 15.3. The highest BCUT2D eigenvalue weighted by Crippen LogP contribution is 2.29. The Kier molecular flexibility index (Phi) is 6.23. The third-order valence-electron chi connectivity index (χ3n) is 5.23. The lowest BCUT2D eigenvalue weighted by molar-refractivity contribution is 0.287.